The van der Waals surface area contributed by atoms with E-state index in [1.807, 2.05) is 30.3 Å². The number of nitrogens with two attached hydrogens (primary N) is 1. The molecule has 0 atom stereocenters. The molecule has 0 unspecified atom stereocenters. The third-order valence-corrected chi connectivity index (χ3v) is 5.14. The Hall–Kier alpha value is -3.23. The van der Waals surface area contributed by atoms with E-state index in [2.05, 4.69) is 10.1 Å². The molecular formula is C21H20ClN5O3. The normalized spacial score (nSPS) is 14.0. The summed E-state index contributed by atoms with van der Waals surface area (Å²) in [5.41, 5.74) is 8.08. The van der Waals surface area contributed by atoms with Crippen molar-refractivity contribution < 1.29 is 9.53 Å². The summed E-state index contributed by atoms with van der Waals surface area (Å²) >= 11 is 6.22. The smallest absolute Gasteiger partial charge is 0.267 e. The van der Waals surface area contributed by atoms with Crippen LogP contribution in [0.5, 0.6) is 0 Å². The number of nitrogen functional groups attached to an aromatic ring is 1. The van der Waals surface area contributed by atoms with Gasteiger partial charge in [-0.15, -0.1) is 0 Å². The number of rotatable bonds is 4. The lowest BCUT2D eigenvalue weighted by molar-refractivity contribution is -0.136. The SMILES string of the molecule is Nc1nc(-c2ccccc2)c(-c2ccc(=O)n(CC(=O)N3CCOCC3)n2)cc1Cl. The zero-order valence-electron chi connectivity index (χ0n) is 16.1. The Morgan fingerprint density at radius 3 is 2.60 bits per heavy atom. The Morgan fingerprint density at radius 2 is 1.87 bits per heavy atom. The van der Waals surface area contributed by atoms with Gasteiger partial charge in [0.25, 0.3) is 5.56 Å². The molecule has 0 bridgehead atoms. The molecule has 2 aromatic heterocycles. The van der Waals surface area contributed by atoms with Gasteiger partial charge in [0.05, 0.1) is 29.6 Å². The Bertz CT molecular complexity index is 1130. The van der Waals surface area contributed by atoms with E-state index >= 15 is 0 Å². The van der Waals surface area contributed by atoms with Gasteiger partial charge in [0, 0.05) is 30.3 Å². The summed E-state index contributed by atoms with van der Waals surface area (Å²) in [5, 5.41) is 4.71. The molecule has 1 aliphatic rings. The van der Waals surface area contributed by atoms with Crippen molar-refractivity contribution in [2.24, 2.45) is 0 Å². The second-order valence-electron chi connectivity index (χ2n) is 6.83. The number of carbonyl (C=O) groups is 1. The number of amides is 1. The molecule has 3 aromatic rings. The van der Waals surface area contributed by atoms with Crippen LogP contribution in [-0.2, 0) is 16.1 Å². The topological polar surface area (TPSA) is 103 Å². The average molecular weight is 426 g/mol. The molecule has 30 heavy (non-hydrogen) atoms. The molecule has 2 N–H and O–H groups in total. The summed E-state index contributed by atoms with van der Waals surface area (Å²) in [7, 11) is 0. The van der Waals surface area contributed by atoms with Crippen LogP contribution < -0.4 is 11.3 Å². The third kappa shape index (κ3) is 4.19. The maximum Gasteiger partial charge on any atom is 0.267 e. The van der Waals surface area contributed by atoms with Gasteiger partial charge in [0.15, 0.2) is 0 Å². The third-order valence-electron chi connectivity index (χ3n) is 4.84. The number of halogens is 1. The molecule has 8 nitrogen and oxygen atoms in total. The number of aromatic nitrogens is 3. The average Bonchev–Trinajstić information content (AvgIpc) is 2.78. The maximum absolute atomic E-state index is 12.6. The van der Waals surface area contributed by atoms with E-state index in [0.717, 1.165) is 10.2 Å². The molecule has 1 saturated heterocycles. The predicted molar refractivity (Wildman–Crippen MR) is 114 cm³/mol. The molecule has 0 spiro atoms. The second-order valence-corrected chi connectivity index (χ2v) is 7.23. The first kappa shape index (κ1) is 20.1. The summed E-state index contributed by atoms with van der Waals surface area (Å²) in [6.07, 6.45) is 0. The fourth-order valence-corrected chi connectivity index (χ4v) is 3.41. The quantitative estimate of drug-likeness (QED) is 0.686. The van der Waals surface area contributed by atoms with Gasteiger partial charge in [0.1, 0.15) is 12.4 Å². The van der Waals surface area contributed by atoms with Gasteiger partial charge in [-0.1, -0.05) is 41.9 Å². The Balaban J connectivity index is 1.73. The number of hydrogen-bond donors (Lipinski definition) is 1. The number of carbonyl (C=O) groups excluding carboxylic acids is 1. The lowest BCUT2D eigenvalue weighted by Crippen LogP contribution is -2.43. The van der Waals surface area contributed by atoms with Crippen molar-refractivity contribution in [3.63, 3.8) is 0 Å². The highest BCUT2D eigenvalue weighted by molar-refractivity contribution is 6.33. The molecule has 4 rings (SSSR count). The van der Waals surface area contributed by atoms with E-state index in [9.17, 15) is 9.59 Å². The van der Waals surface area contributed by atoms with Crippen LogP contribution in [-0.4, -0.2) is 51.9 Å². The standard InChI is InChI=1S/C21H20ClN5O3/c22-16-12-15(20(24-21(16)23)14-4-2-1-3-5-14)17-6-7-18(28)27(25-17)13-19(29)26-8-10-30-11-9-26/h1-7,12H,8-11,13H2,(H2,23,24). The van der Waals surface area contributed by atoms with Crippen molar-refractivity contribution in [1.29, 1.82) is 0 Å². The van der Waals surface area contributed by atoms with Gasteiger partial charge < -0.3 is 15.4 Å². The number of hydrogen-bond acceptors (Lipinski definition) is 6. The van der Waals surface area contributed by atoms with Crippen LogP contribution in [0.1, 0.15) is 0 Å². The van der Waals surface area contributed by atoms with Crippen LogP contribution in [0.4, 0.5) is 5.82 Å². The minimum absolute atomic E-state index is 0.149. The van der Waals surface area contributed by atoms with Crippen LogP contribution >= 0.6 is 11.6 Å². The molecule has 1 aliphatic heterocycles. The second kappa shape index (κ2) is 8.64. The van der Waals surface area contributed by atoms with Crippen molar-refractivity contribution in [1.82, 2.24) is 19.7 Å². The fourth-order valence-electron chi connectivity index (χ4n) is 3.26. The van der Waals surface area contributed by atoms with E-state index in [0.29, 0.717) is 43.3 Å². The zero-order chi connectivity index (χ0) is 21.1. The van der Waals surface area contributed by atoms with Gasteiger partial charge in [-0.3, -0.25) is 9.59 Å². The van der Waals surface area contributed by atoms with Crippen LogP contribution in [0.25, 0.3) is 22.5 Å². The van der Waals surface area contributed by atoms with E-state index in [-0.39, 0.29) is 28.9 Å². The lowest BCUT2D eigenvalue weighted by atomic mass is 10.0. The Labute approximate surface area is 177 Å². The highest BCUT2D eigenvalue weighted by atomic mass is 35.5. The van der Waals surface area contributed by atoms with Crippen molar-refractivity contribution in [2.45, 2.75) is 6.54 Å². The largest absolute Gasteiger partial charge is 0.382 e. The first-order chi connectivity index (χ1) is 14.5. The molecular weight excluding hydrogens is 406 g/mol. The number of nitrogens with zero attached hydrogens (tertiary/aromatic N) is 4. The molecule has 1 amide bonds. The number of benzene rings is 1. The maximum atomic E-state index is 12.6. The van der Waals surface area contributed by atoms with Gasteiger partial charge in [-0.2, -0.15) is 5.10 Å². The fraction of sp³-hybridized carbons (Fsp3) is 0.238. The van der Waals surface area contributed by atoms with Gasteiger partial charge >= 0.3 is 0 Å². The summed E-state index contributed by atoms with van der Waals surface area (Å²) in [6.45, 7) is 1.84. The van der Waals surface area contributed by atoms with E-state index in [4.69, 9.17) is 22.1 Å². The van der Waals surface area contributed by atoms with Crippen molar-refractivity contribution >= 4 is 23.3 Å². The molecule has 9 heteroatoms. The summed E-state index contributed by atoms with van der Waals surface area (Å²) < 4.78 is 6.43. The Kier molecular flexibility index (Phi) is 5.78. The van der Waals surface area contributed by atoms with Crippen LogP contribution in [0.2, 0.25) is 5.02 Å². The van der Waals surface area contributed by atoms with Crippen LogP contribution in [0, 0.1) is 0 Å². The van der Waals surface area contributed by atoms with Crippen molar-refractivity contribution in [3.05, 3.63) is 63.9 Å². The van der Waals surface area contributed by atoms with Gasteiger partial charge in [0.2, 0.25) is 5.91 Å². The summed E-state index contributed by atoms with van der Waals surface area (Å²) in [6, 6.07) is 14.1. The first-order valence-electron chi connectivity index (χ1n) is 9.48. The van der Waals surface area contributed by atoms with E-state index in [1.54, 1.807) is 17.0 Å². The monoisotopic (exact) mass is 425 g/mol. The van der Waals surface area contributed by atoms with Crippen LogP contribution in [0.3, 0.4) is 0 Å². The molecule has 0 saturated carbocycles. The van der Waals surface area contributed by atoms with Crippen LogP contribution in [0.15, 0.2) is 53.3 Å². The molecule has 3 heterocycles. The minimum atomic E-state index is -0.365. The highest BCUT2D eigenvalue weighted by Crippen LogP contribution is 2.33. The number of anilines is 1. The number of pyridine rings is 1. The number of ether oxygens (including phenoxy) is 1. The van der Waals surface area contributed by atoms with E-state index in [1.165, 1.54) is 6.07 Å². The summed E-state index contributed by atoms with van der Waals surface area (Å²) in [5.74, 6) is 0.0249. The molecule has 1 aromatic carbocycles. The molecule has 0 radical (unpaired) electrons. The summed E-state index contributed by atoms with van der Waals surface area (Å²) in [4.78, 5) is 31.0. The molecule has 154 valence electrons. The van der Waals surface area contributed by atoms with Gasteiger partial charge in [-0.25, -0.2) is 9.67 Å². The first-order valence-corrected chi connectivity index (χ1v) is 9.86. The minimum Gasteiger partial charge on any atom is -0.382 e. The van der Waals surface area contributed by atoms with Crippen molar-refractivity contribution in [2.75, 3.05) is 32.0 Å². The Morgan fingerprint density at radius 1 is 1.13 bits per heavy atom. The molecule has 0 aliphatic carbocycles. The van der Waals surface area contributed by atoms with E-state index < -0.39 is 0 Å². The zero-order valence-corrected chi connectivity index (χ0v) is 16.9. The molecule has 1 fully saturated rings. The van der Waals surface area contributed by atoms with Gasteiger partial charge in [-0.05, 0) is 12.1 Å². The predicted octanol–water partition coefficient (Wildman–Crippen LogP) is 2.07. The number of morpholine rings is 1. The van der Waals surface area contributed by atoms with Crippen molar-refractivity contribution in [3.8, 4) is 22.5 Å². The lowest BCUT2D eigenvalue weighted by Gasteiger charge is -2.26. The highest BCUT2D eigenvalue weighted by Gasteiger charge is 2.19.